The van der Waals surface area contributed by atoms with Crippen LogP contribution in [0.5, 0.6) is 0 Å². The van der Waals surface area contributed by atoms with Gasteiger partial charge in [-0.25, -0.2) is 0 Å². The fourth-order valence-electron chi connectivity index (χ4n) is 2.59. The van der Waals surface area contributed by atoms with Crippen LogP contribution in [-0.2, 0) is 0 Å². The van der Waals surface area contributed by atoms with Crippen molar-refractivity contribution in [2.75, 3.05) is 20.6 Å². The third-order valence-corrected chi connectivity index (χ3v) is 11.8. The maximum absolute atomic E-state index is 11.7. The molecule has 0 atom stereocenters. The van der Waals surface area contributed by atoms with Crippen molar-refractivity contribution >= 4 is 81.7 Å². The summed E-state index contributed by atoms with van der Waals surface area (Å²) in [7, 11) is 3.97. The van der Waals surface area contributed by atoms with Crippen LogP contribution in [0.25, 0.3) is 0 Å². The zero-order valence-electron chi connectivity index (χ0n) is 19.5. The number of aldehydes is 1. The monoisotopic (exact) mass is 769 g/mol. The standard InChI is InChI=1S/C12H10O2Se2.C9H13NOSe.C5H4OSe.2CH4/c13-9(11-3-1-7-15-11)5-6-10(14)12-4-2-8-16-12;1-10(2)6-5-8(11)9-4-3-7-12-9;6-4-5-2-1-3-7-5;;/h1-4,7-8H,5-6H2;3-4,7H,5-6H2,1-2H3;1-4H;2*1H4. The number of rotatable bonds is 10. The van der Waals surface area contributed by atoms with Crippen molar-refractivity contribution in [1.29, 1.82) is 0 Å². The molecule has 0 aliphatic carbocycles. The van der Waals surface area contributed by atoms with Gasteiger partial charge in [0.25, 0.3) is 0 Å². The molecule has 4 heterocycles. The molecule has 5 nitrogen and oxygen atoms in total. The van der Waals surface area contributed by atoms with Crippen molar-refractivity contribution in [1.82, 2.24) is 4.90 Å². The van der Waals surface area contributed by atoms with E-state index in [1.165, 1.54) is 0 Å². The Bertz CT molecular complexity index is 1090. The molecule has 9 heteroatoms. The van der Waals surface area contributed by atoms with Gasteiger partial charge in [-0.1, -0.05) is 14.9 Å². The van der Waals surface area contributed by atoms with E-state index in [1.807, 2.05) is 82.3 Å². The normalized spacial score (nSPS) is 9.49. The van der Waals surface area contributed by atoms with E-state index in [1.54, 1.807) is 0 Å². The molecule has 0 unspecified atom stereocenters. The summed E-state index contributed by atoms with van der Waals surface area (Å²) >= 11 is 1.04. The second kappa shape index (κ2) is 20.6. The number of carbonyl (C=O) groups is 4. The van der Waals surface area contributed by atoms with Gasteiger partial charge >= 0.3 is 232 Å². The topological polar surface area (TPSA) is 71.5 Å². The van der Waals surface area contributed by atoms with E-state index in [0.29, 0.717) is 54.1 Å². The average molecular weight is 765 g/mol. The summed E-state index contributed by atoms with van der Waals surface area (Å²) in [5, 5.41) is 0. The Balaban J connectivity index is 0.000000548. The number of hydrogen-bond donors (Lipinski definition) is 0. The Morgan fingerprint density at radius 3 is 1.30 bits per heavy atom. The third kappa shape index (κ3) is 14.4. The van der Waals surface area contributed by atoms with Crippen LogP contribution >= 0.6 is 0 Å². The minimum atomic E-state index is 0. The predicted molar refractivity (Wildman–Crippen MR) is 158 cm³/mol. The summed E-state index contributed by atoms with van der Waals surface area (Å²) in [4.78, 5) is 54.9. The van der Waals surface area contributed by atoms with Gasteiger partial charge in [0.1, 0.15) is 0 Å². The summed E-state index contributed by atoms with van der Waals surface area (Å²) in [5.74, 6) is 0.587. The Kier molecular flexibility index (Phi) is 19.8. The van der Waals surface area contributed by atoms with Crippen molar-refractivity contribution in [3.05, 3.63) is 86.0 Å². The van der Waals surface area contributed by atoms with E-state index in [-0.39, 0.29) is 55.4 Å². The molecule has 0 aliphatic rings. The maximum atomic E-state index is 11.7. The Morgan fingerprint density at radius 1 is 0.649 bits per heavy atom. The van der Waals surface area contributed by atoms with Crippen LogP contribution in [0.15, 0.2) is 68.3 Å². The van der Waals surface area contributed by atoms with Gasteiger partial charge in [0.15, 0.2) is 0 Å². The van der Waals surface area contributed by atoms with E-state index in [2.05, 4.69) is 4.94 Å². The Morgan fingerprint density at radius 2 is 1.03 bits per heavy atom. The number of carbonyl (C=O) groups excluding carboxylic acids is 4. The van der Waals surface area contributed by atoms with Gasteiger partial charge in [0.05, 0.1) is 0 Å². The van der Waals surface area contributed by atoms with Crippen LogP contribution in [0.1, 0.15) is 71.0 Å². The molecule has 0 N–H and O–H groups in total. The predicted octanol–water partition coefficient (Wildman–Crippen LogP) is 4.35. The summed E-state index contributed by atoms with van der Waals surface area (Å²) in [6.07, 6.45) is 2.30. The van der Waals surface area contributed by atoms with E-state index >= 15 is 0 Å². The van der Waals surface area contributed by atoms with Gasteiger partial charge in [-0.05, 0) is 0 Å². The number of Topliss-reactive ketones (excluding diaryl/α,β-unsaturated/α-hetero) is 3. The van der Waals surface area contributed by atoms with Crippen LogP contribution in [0.4, 0.5) is 0 Å². The summed E-state index contributed by atoms with van der Waals surface area (Å²) < 4.78 is 3.74. The van der Waals surface area contributed by atoms with Crippen molar-refractivity contribution < 1.29 is 19.2 Å². The fourth-order valence-corrected chi connectivity index (χ4v) is 8.07. The summed E-state index contributed by atoms with van der Waals surface area (Å²) in [6.45, 7) is 0.853. The van der Waals surface area contributed by atoms with Gasteiger partial charge in [0.2, 0.25) is 0 Å². The molecule has 4 aromatic rings. The second-order valence-corrected chi connectivity index (χ2v) is 15.4. The quantitative estimate of drug-likeness (QED) is 0.137. The van der Waals surface area contributed by atoms with Crippen molar-refractivity contribution in [2.24, 2.45) is 0 Å². The minimum absolute atomic E-state index is 0. The average Bonchev–Trinajstić information content (AvgIpc) is 3.69. The summed E-state index contributed by atoms with van der Waals surface area (Å²) in [6, 6.07) is 15.3. The summed E-state index contributed by atoms with van der Waals surface area (Å²) in [5.41, 5.74) is 0. The molecule has 0 spiro atoms. The van der Waals surface area contributed by atoms with E-state index in [0.717, 1.165) is 30.6 Å². The van der Waals surface area contributed by atoms with Crippen molar-refractivity contribution in [3.63, 3.8) is 0 Å². The molecule has 0 bridgehead atoms. The van der Waals surface area contributed by atoms with Crippen molar-refractivity contribution in [3.8, 4) is 0 Å². The molecule has 0 aliphatic heterocycles. The molecule has 37 heavy (non-hydrogen) atoms. The van der Waals surface area contributed by atoms with Crippen molar-refractivity contribution in [2.45, 2.75) is 34.1 Å². The molecule has 0 aromatic carbocycles. The van der Waals surface area contributed by atoms with Gasteiger partial charge in [0, 0.05) is 0 Å². The van der Waals surface area contributed by atoms with Gasteiger partial charge in [-0.3, -0.25) is 0 Å². The van der Waals surface area contributed by atoms with E-state index in [4.69, 9.17) is 0 Å². The Labute approximate surface area is 244 Å². The molecule has 0 radical (unpaired) electrons. The SMILES string of the molecule is C.C.CN(C)CCC(=O)c1ccc[se]1.O=C(CCC(=O)c1ccc[se]1)c1ccc[se]1.O=Cc1ccc[se]1. The van der Waals surface area contributed by atoms with Crippen LogP contribution in [0.3, 0.4) is 0 Å². The van der Waals surface area contributed by atoms with Gasteiger partial charge < -0.3 is 0 Å². The van der Waals surface area contributed by atoms with Crippen LogP contribution in [0.2, 0.25) is 0 Å². The van der Waals surface area contributed by atoms with Crippen LogP contribution < -0.4 is 0 Å². The first-order valence-corrected chi connectivity index (χ1v) is 18.1. The Hall–Kier alpha value is -1.36. The fraction of sp³-hybridized carbons (Fsp3) is 0.286. The van der Waals surface area contributed by atoms with E-state index in [9.17, 15) is 19.2 Å². The molecular weight excluding hydrogens is 730 g/mol. The van der Waals surface area contributed by atoms with Crippen LogP contribution in [0, 0.1) is 0 Å². The first-order valence-electron chi connectivity index (χ1n) is 10.7. The first-order chi connectivity index (χ1) is 16.9. The molecule has 0 amide bonds. The molecule has 0 saturated carbocycles. The van der Waals surface area contributed by atoms with Crippen LogP contribution in [-0.4, -0.2) is 107 Å². The molecule has 200 valence electrons. The second-order valence-electron chi connectivity index (χ2n) is 7.39. The number of ketones is 3. The molecular formula is C28H35NO4Se4. The zero-order valence-corrected chi connectivity index (χ0v) is 26.4. The first kappa shape index (κ1) is 35.6. The molecule has 0 saturated heterocycles. The molecule has 0 fully saturated rings. The van der Waals surface area contributed by atoms with E-state index < -0.39 is 0 Å². The molecule has 4 aromatic heterocycles. The zero-order chi connectivity index (χ0) is 25.5. The number of nitrogens with zero attached hydrogens (tertiary/aromatic N) is 1. The van der Waals surface area contributed by atoms with Gasteiger partial charge in [-0.15, -0.1) is 0 Å². The molecule has 4 rings (SSSR count). The third-order valence-electron chi connectivity index (χ3n) is 4.41. The van der Waals surface area contributed by atoms with Gasteiger partial charge in [-0.2, -0.15) is 0 Å². The number of hydrogen-bond acceptors (Lipinski definition) is 5.